The molecule has 1 N–H and O–H groups in total. The maximum absolute atomic E-state index is 12.8. The minimum atomic E-state index is -3.83. The summed E-state index contributed by atoms with van der Waals surface area (Å²) in [5.74, 6) is -1.96. The normalized spacial score (nSPS) is 22.3. The Morgan fingerprint density at radius 1 is 1.47 bits per heavy atom. The van der Waals surface area contributed by atoms with E-state index in [1.54, 1.807) is 0 Å². The first-order valence-electron chi connectivity index (χ1n) is 4.18. The number of carbonyl (C=O) groups is 1. The van der Waals surface area contributed by atoms with Gasteiger partial charge >= 0.3 is 5.97 Å². The van der Waals surface area contributed by atoms with Gasteiger partial charge < -0.3 is 5.11 Å². The third-order valence-corrected chi connectivity index (χ3v) is 4.51. The van der Waals surface area contributed by atoms with Crippen molar-refractivity contribution in [1.29, 1.82) is 0 Å². The van der Waals surface area contributed by atoms with E-state index in [1.165, 1.54) is 0 Å². The predicted octanol–water partition coefficient (Wildman–Crippen LogP) is 0.609. The van der Waals surface area contributed by atoms with Gasteiger partial charge in [-0.1, -0.05) is 0 Å². The topological polar surface area (TPSA) is 71.4 Å². The monoisotopic (exact) mass is 230 g/mol. The summed E-state index contributed by atoms with van der Waals surface area (Å²) in [5, 5.41) is 7.24. The first-order valence-corrected chi connectivity index (χ1v) is 5.72. The average molecular weight is 230 g/mol. The summed E-state index contributed by atoms with van der Waals surface area (Å²) in [5.41, 5.74) is 0.238. The Bertz CT molecular complexity index is 535. The number of hydrogen-bond donors (Lipinski definition) is 1. The molecule has 80 valence electrons. The van der Waals surface area contributed by atoms with Gasteiger partial charge in [-0.2, -0.15) is 0 Å². The van der Waals surface area contributed by atoms with Crippen molar-refractivity contribution < 1.29 is 22.7 Å². The number of halogens is 1. The number of hydrogen-bond acceptors (Lipinski definition) is 3. The highest BCUT2D eigenvalue weighted by Crippen LogP contribution is 2.31. The Kier molecular flexibility index (Phi) is 2.04. The molecule has 6 heteroatoms. The SMILES string of the molecule is O=C(O)C1Cc2cc(F)ccc2S1(=O)=O. The Labute approximate surface area is 85.3 Å². The van der Waals surface area contributed by atoms with Crippen molar-refractivity contribution in [2.24, 2.45) is 0 Å². The quantitative estimate of drug-likeness (QED) is 0.717. The third kappa shape index (κ3) is 1.41. The molecule has 1 aromatic rings. The minimum absolute atomic E-state index is 0.0729. The van der Waals surface area contributed by atoms with E-state index in [9.17, 15) is 17.6 Å². The Morgan fingerprint density at radius 2 is 2.13 bits per heavy atom. The zero-order valence-electron chi connectivity index (χ0n) is 7.47. The molecule has 1 unspecified atom stereocenters. The van der Waals surface area contributed by atoms with E-state index < -0.39 is 26.9 Å². The van der Waals surface area contributed by atoms with Crippen molar-refractivity contribution in [3.05, 3.63) is 29.6 Å². The number of aliphatic carboxylic acids is 1. The lowest BCUT2D eigenvalue weighted by atomic mass is 10.1. The molecule has 1 aromatic carbocycles. The second-order valence-corrected chi connectivity index (χ2v) is 5.43. The summed E-state index contributed by atoms with van der Waals surface area (Å²) in [6, 6.07) is 3.19. The van der Waals surface area contributed by atoms with Crippen LogP contribution in [-0.4, -0.2) is 24.7 Å². The molecule has 0 fully saturated rings. The van der Waals surface area contributed by atoms with Crippen LogP contribution in [0.4, 0.5) is 4.39 Å². The van der Waals surface area contributed by atoms with Crippen LogP contribution in [-0.2, 0) is 21.1 Å². The van der Waals surface area contributed by atoms with Crippen LogP contribution in [0.1, 0.15) is 5.56 Å². The Balaban J connectivity index is 2.62. The van der Waals surface area contributed by atoms with Crippen LogP contribution in [0.3, 0.4) is 0 Å². The van der Waals surface area contributed by atoms with Gasteiger partial charge in [-0.25, -0.2) is 12.8 Å². The molecule has 0 aliphatic carbocycles. The highest BCUT2D eigenvalue weighted by Gasteiger charge is 2.41. The fraction of sp³-hybridized carbons (Fsp3) is 0.222. The van der Waals surface area contributed by atoms with Crippen LogP contribution in [0.15, 0.2) is 23.1 Å². The summed E-state index contributed by atoms with van der Waals surface area (Å²) < 4.78 is 36.1. The summed E-state index contributed by atoms with van der Waals surface area (Å²) in [6.45, 7) is 0. The van der Waals surface area contributed by atoms with Gasteiger partial charge in [0, 0.05) is 6.42 Å². The smallest absolute Gasteiger partial charge is 0.322 e. The molecule has 0 amide bonds. The molecule has 4 nitrogen and oxygen atoms in total. The molecule has 1 aliphatic heterocycles. The Hall–Kier alpha value is -1.43. The fourth-order valence-electron chi connectivity index (χ4n) is 1.67. The highest BCUT2D eigenvalue weighted by atomic mass is 32.2. The second kappa shape index (κ2) is 3.03. The lowest BCUT2D eigenvalue weighted by Gasteiger charge is -2.01. The van der Waals surface area contributed by atoms with Crippen molar-refractivity contribution in [2.45, 2.75) is 16.6 Å². The standard InChI is InChI=1S/C9H7FO4S/c10-6-1-2-7-5(3-6)4-8(9(11)12)15(7,13)14/h1-3,8H,4H2,(H,11,12). The molecule has 0 radical (unpaired) electrons. The van der Waals surface area contributed by atoms with Crippen LogP contribution < -0.4 is 0 Å². The van der Waals surface area contributed by atoms with E-state index in [0.717, 1.165) is 18.2 Å². The predicted molar refractivity (Wildman–Crippen MR) is 48.7 cm³/mol. The van der Waals surface area contributed by atoms with Gasteiger partial charge in [-0.05, 0) is 23.8 Å². The van der Waals surface area contributed by atoms with Crippen molar-refractivity contribution in [1.82, 2.24) is 0 Å². The van der Waals surface area contributed by atoms with Crippen molar-refractivity contribution >= 4 is 15.8 Å². The van der Waals surface area contributed by atoms with Crippen LogP contribution >= 0.6 is 0 Å². The molecule has 15 heavy (non-hydrogen) atoms. The largest absolute Gasteiger partial charge is 0.480 e. The second-order valence-electron chi connectivity index (χ2n) is 3.33. The van der Waals surface area contributed by atoms with E-state index >= 15 is 0 Å². The van der Waals surface area contributed by atoms with Crippen molar-refractivity contribution in [2.75, 3.05) is 0 Å². The number of benzene rings is 1. The van der Waals surface area contributed by atoms with Crippen LogP contribution in [0.25, 0.3) is 0 Å². The van der Waals surface area contributed by atoms with Crippen molar-refractivity contribution in [3.8, 4) is 0 Å². The van der Waals surface area contributed by atoms with Gasteiger partial charge in [-0.3, -0.25) is 4.79 Å². The van der Waals surface area contributed by atoms with Crippen LogP contribution in [0.2, 0.25) is 0 Å². The van der Waals surface area contributed by atoms with Gasteiger partial charge in [0.1, 0.15) is 5.82 Å². The molecular weight excluding hydrogens is 223 g/mol. The zero-order chi connectivity index (χ0) is 11.2. The Morgan fingerprint density at radius 3 is 2.73 bits per heavy atom. The molecule has 0 saturated heterocycles. The lowest BCUT2D eigenvalue weighted by Crippen LogP contribution is -2.26. The number of carboxylic acids is 1. The lowest BCUT2D eigenvalue weighted by molar-refractivity contribution is -0.136. The molecular formula is C9H7FO4S. The van der Waals surface area contributed by atoms with E-state index in [1.807, 2.05) is 0 Å². The van der Waals surface area contributed by atoms with Gasteiger partial charge in [0.15, 0.2) is 15.1 Å². The maximum atomic E-state index is 12.8. The molecule has 1 heterocycles. The molecule has 0 spiro atoms. The zero-order valence-corrected chi connectivity index (χ0v) is 8.29. The van der Waals surface area contributed by atoms with Gasteiger partial charge in [0.05, 0.1) is 4.90 Å². The first-order chi connectivity index (χ1) is 6.93. The van der Waals surface area contributed by atoms with E-state index in [4.69, 9.17) is 5.11 Å². The third-order valence-electron chi connectivity index (χ3n) is 2.38. The average Bonchev–Trinajstić information content (AvgIpc) is 2.37. The molecule has 0 saturated carbocycles. The van der Waals surface area contributed by atoms with E-state index in [2.05, 4.69) is 0 Å². The molecule has 1 atom stereocenters. The van der Waals surface area contributed by atoms with Crippen molar-refractivity contribution in [3.63, 3.8) is 0 Å². The maximum Gasteiger partial charge on any atom is 0.322 e. The highest BCUT2D eigenvalue weighted by molar-refractivity contribution is 7.93. The molecule has 0 bridgehead atoms. The molecule has 2 rings (SSSR count). The van der Waals surface area contributed by atoms with Crippen LogP contribution in [0.5, 0.6) is 0 Å². The summed E-state index contributed by atoms with van der Waals surface area (Å²) in [6.07, 6.45) is -0.162. The summed E-state index contributed by atoms with van der Waals surface area (Å²) in [4.78, 5) is 10.6. The van der Waals surface area contributed by atoms with Gasteiger partial charge in [0.2, 0.25) is 0 Å². The number of fused-ring (bicyclic) bond motifs is 1. The minimum Gasteiger partial charge on any atom is -0.480 e. The van der Waals surface area contributed by atoms with E-state index in [-0.39, 0.29) is 16.9 Å². The summed E-state index contributed by atoms with van der Waals surface area (Å²) in [7, 11) is -3.83. The molecule has 1 aliphatic rings. The molecule has 0 aromatic heterocycles. The first kappa shape index (κ1) is 10.1. The summed E-state index contributed by atoms with van der Waals surface area (Å²) >= 11 is 0. The van der Waals surface area contributed by atoms with Gasteiger partial charge in [0.25, 0.3) is 0 Å². The number of carboxylic acid groups (broad SMARTS) is 1. The number of rotatable bonds is 1. The van der Waals surface area contributed by atoms with Gasteiger partial charge in [-0.15, -0.1) is 0 Å². The van der Waals surface area contributed by atoms with Crippen LogP contribution in [0, 0.1) is 5.82 Å². The fourth-order valence-corrected chi connectivity index (χ4v) is 3.40. The van der Waals surface area contributed by atoms with E-state index in [0.29, 0.717) is 0 Å². The number of sulfone groups is 1.